The average molecular weight is 487 g/mol. The van der Waals surface area contributed by atoms with Crippen LogP contribution in [-0.2, 0) is 9.47 Å². The Balaban J connectivity index is 1.25. The van der Waals surface area contributed by atoms with Crippen LogP contribution in [-0.4, -0.2) is 52.1 Å². The highest BCUT2D eigenvalue weighted by Crippen LogP contribution is 2.78. The Morgan fingerprint density at radius 1 is 0.971 bits per heavy atom. The van der Waals surface area contributed by atoms with E-state index in [1.807, 2.05) is 0 Å². The molecule has 6 aliphatic carbocycles. The van der Waals surface area contributed by atoms with E-state index in [1.54, 1.807) is 5.57 Å². The van der Waals surface area contributed by atoms with Gasteiger partial charge in [-0.05, 0) is 98.9 Å². The van der Waals surface area contributed by atoms with Crippen molar-refractivity contribution in [3.63, 3.8) is 0 Å². The second kappa shape index (κ2) is 7.34. The summed E-state index contributed by atoms with van der Waals surface area (Å²) < 4.78 is 12.7. The molecule has 0 aromatic rings. The number of hydrogen-bond donors (Lipinski definition) is 3. The molecule has 7 rings (SSSR count). The van der Waals surface area contributed by atoms with Crippen LogP contribution >= 0.6 is 0 Å². The summed E-state index contributed by atoms with van der Waals surface area (Å²) in [7, 11) is 0. The Morgan fingerprint density at radius 2 is 1.71 bits per heavy atom. The maximum absolute atomic E-state index is 12.2. The van der Waals surface area contributed by atoms with Crippen LogP contribution in [0.3, 0.4) is 0 Å². The van der Waals surface area contributed by atoms with Gasteiger partial charge in [0, 0.05) is 30.3 Å². The molecule has 1 spiro atoms. The maximum Gasteiger partial charge on any atom is 0.171 e. The predicted octanol–water partition coefficient (Wildman–Crippen LogP) is 4.58. The molecular formula is C30H46O5. The molecule has 1 aliphatic heterocycles. The number of hydrogen-bond acceptors (Lipinski definition) is 5. The lowest BCUT2D eigenvalue weighted by Gasteiger charge is -2.60. The molecule has 0 amide bonds. The second-order valence-electron chi connectivity index (χ2n) is 14.8. The number of allylic oxidation sites excluding steroid dienone is 1. The van der Waals surface area contributed by atoms with Crippen molar-refractivity contribution in [2.24, 2.45) is 46.3 Å². The number of fused-ring (bicyclic) bond motifs is 6. The van der Waals surface area contributed by atoms with Gasteiger partial charge < -0.3 is 24.8 Å². The van der Waals surface area contributed by atoms with Crippen LogP contribution in [0.2, 0.25) is 0 Å². The van der Waals surface area contributed by atoms with Crippen molar-refractivity contribution in [1.29, 1.82) is 0 Å². The molecule has 0 radical (unpaired) electrons. The lowest BCUT2D eigenvalue weighted by molar-refractivity contribution is -0.322. The van der Waals surface area contributed by atoms with Crippen molar-refractivity contribution < 1.29 is 24.8 Å². The first-order valence-electron chi connectivity index (χ1n) is 14.6. The van der Waals surface area contributed by atoms with Gasteiger partial charge in [-0.2, -0.15) is 0 Å². The molecule has 35 heavy (non-hydrogen) atoms. The predicted molar refractivity (Wildman–Crippen MR) is 132 cm³/mol. The first-order chi connectivity index (χ1) is 16.5. The molecule has 0 aromatic heterocycles. The van der Waals surface area contributed by atoms with Crippen LogP contribution in [0.4, 0.5) is 0 Å². The summed E-state index contributed by atoms with van der Waals surface area (Å²) in [5.74, 6) is 2.67. The van der Waals surface area contributed by atoms with E-state index in [0.717, 1.165) is 50.9 Å². The highest BCUT2D eigenvalue weighted by molar-refractivity contribution is 5.40. The minimum atomic E-state index is -0.804. The third-order valence-electron chi connectivity index (χ3n) is 12.0. The second-order valence-corrected chi connectivity index (χ2v) is 14.8. The van der Waals surface area contributed by atoms with Crippen molar-refractivity contribution in [2.45, 2.75) is 108 Å². The fourth-order valence-electron chi connectivity index (χ4n) is 10.2. The Kier molecular flexibility index (Phi) is 4.96. The Hall–Kier alpha value is -0.460. The van der Waals surface area contributed by atoms with E-state index in [4.69, 9.17) is 9.47 Å². The van der Waals surface area contributed by atoms with Crippen LogP contribution in [0.15, 0.2) is 11.1 Å². The van der Waals surface area contributed by atoms with Gasteiger partial charge in [0.05, 0.1) is 24.4 Å². The average Bonchev–Trinajstić information content (AvgIpc) is 3.72. The van der Waals surface area contributed by atoms with Gasteiger partial charge in [-0.3, -0.25) is 0 Å². The normalized spacial score (nSPS) is 51.4. The number of aliphatic hydroxyl groups excluding tert-OH is 1. The third-order valence-corrected chi connectivity index (χ3v) is 12.0. The van der Waals surface area contributed by atoms with Crippen LogP contribution in [0.1, 0.15) is 91.4 Å². The number of ether oxygens (including phenoxy) is 2. The molecule has 1 heterocycles. The number of rotatable bonds is 4. The van der Waals surface area contributed by atoms with Gasteiger partial charge in [0.25, 0.3) is 0 Å². The summed E-state index contributed by atoms with van der Waals surface area (Å²) in [4.78, 5) is 0. The minimum Gasteiger partial charge on any atom is -0.396 e. The third kappa shape index (κ3) is 3.24. The van der Waals surface area contributed by atoms with Crippen molar-refractivity contribution in [1.82, 2.24) is 0 Å². The Labute approximate surface area is 210 Å². The first-order valence-corrected chi connectivity index (χ1v) is 14.6. The molecule has 1 saturated heterocycles. The zero-order chi connectivity index (χ0) is 24.4. The van der Waals surface area contributed by atoms with Gasteiger partial charge in [0.1, 0.15) is 0 Å². The Morgan fingerprint density at radius 3 is 2.40 bits per heavy atom. The molecule has 5 heteroatoms. The van der Waals surface area contributed by atoms with Crippen molar-refractivity contribution >= 4 is 0 Å². The molecule has 8 atom stereocenters. The molecule has 0 bridgehead atoms. The summed E-state index contributed by atoms with van der Waals surface area (Å²) in [6, 6.07) is 0. The van der Waals surface area contributed by atoms with Gasteiger partial charge in [0.2, 0.25) is 0 Å². The van der Waals surface area contributed by atoms with E-state index in [1.165, 1.54) is 18.4 Å². The standard InChI is InChI=1S/C30H46O5/c1-26(2)16-34-29(35-17-26)11-8-22-24-19(7-10-28(22,32)15-29)25-20-13-23(20)30(33,9-4-12-31)27(25,3)14-21(24)18-5-6-18/h18-21,23,25,31-33H,4-17H2,1-3H3/t19-,20-,21-,23+,25-,27+,28-,30+/m1/s1. The lowest BCUT2D eigenvalue weighted by atomic mass is 9.48. The molecule has 0 unspecified atom stereocenters. The Bertz CT molecular complexity index is 927. The van der Waals surface area contributed by atoms with Gasteiger partial charge in [-0.1, -0.05) is 26.3 Å². The summed E-state index contributed by atoms with van der Waals surface area (Å²) in [5.41, 5.74) is 1.50. The fraction of sp³-hybridized carbons (Fsp3) is 0.933. The molecule has 3 N–H and O–H groups in total. The van der Waals surface area contributed by atoms with Crippen LogP contribution in [0.25, 0.3) is 0 Å². The highest BCUT2D eigenvalue weighted by atomic mass is 16.7. The smallest absolute Gasteiger partial charge is 0.171 e. The van der Waals surface area contributed by atoms with E-state index >= 15 is 0 Å². The summed E-state index contributed by atoms with van der Waals surface area (Å²) in [6.45, 7) is 8.32. The van der Waals surface area contributed by atoms with Gasteiger partial charge in [0.15, 0.2) is 5.79 Å². The van der Waals surface area contributed by atoms with E-state index in [2.05, 4.69) is 20.8 Å². The van der Waals surface area contributed by atoms with E-state index in [9.17, 15) is 15.3 Å². The van der Waals surface area contributed by atoms with E-state index in [0.29, 0.717) is 55.6 Å². The topological polar surface area (TPSA) is 79.2 Å². The lowest BCUT2D eigenvalue weighted by Crippen LogP contribution is -2.59. The van der Waals surface area contributed by atoms with E-state index in [-0.39, 0.29) is 17.4 Å². The summed E-state index contributed by atoms with van der Waals surface area (Å²) >= 11 is 0. The van der Waals surface area contributed by atoms with Gasteiger partial charge in [-0.25, -0.2) is 0 Å². The molecule has 5 nitrogen and oxygen atoms in total. The monoisotopic (exact) mass is 486 g/mol. The number of aliphatic hydroxyl groups is 3. The van der Waals surface area contributed by atoms with Crippen LogP contribution in [0, 0.1) is 46.3 Å². The minimum absolute atomic E-state index is 0.0330. The van der Waals surface area contributed by atoms with Gasteiger partial charge >= 0.3 is 0 Å². The molecule has 196 valence electrons. The van der Waals surface area contributed by atoms with Crippen LogP contribution < -0.4 is 0 Å². The molecular weight excluding hydrogens is 440 g/mol. The van der Waals surface area contributed by atoms with E-state index < -0.39 is 17.0 Å². The fourth-order valence-corrected chi connectivity index (χ4v) is 10.2. The molecule has 5 saturated carbocycles. The van der Waals surface area contributed by atoms with Gasteiger partial charge in [-0.15, -0.1) is 0 Å². The zero-order valence-electron chi connectivity index (χ0n) is 22.0. The summed E-state index contributed by atoms with van der Waals surface area (Å²) in [6.07, 6.45) is 10.4. The molecule has 0 aromatic carbocycles. The SMILES string of the molecule is CC1(C)COC2(CCC3=C4[C@@H](CC[C@@]3(O)C2)[C@@H]2[C@@H]3C[C@@H]3[C@@](O)(CCCO)[C@@]2(C)C[C@@H]4C2CC2)OC1. The first kappa shape index (κ1) is 23.6. The van der Waals surface area contributed by atoms with Crippen molar-refractivity contribution in [3.8, 4) is 0 Å². The van der Waals surface area contributed by atoms with Crippen molar-refractivity contribution in [2.75, 3.05) is 19.8 Å². The zero-order valence-corrected chi connectivity index (χ0v) is 22.0. The quantitative estimate of drug-likeness (QED) is 0.507. The molecule has 7 aliphatic rings. The van der Waals surface area contributed by atoms with Crippen LogP contribution in [0.5, 0.6) is 0 Å². The largest absolute Gasteiger partial charge is 0.396 e. The molecule has 6 fully saturated rings. The highest BCUT2D eigenvalue weighted by Gasteiger charge is 2.76. The summed E-state index contributed by atoms with van der Waals surface area (Å²) in [5, 5.41) is 34.0. The maximum atomic E-state index is 12.2. The van der Waals surface area contributed by atoms with Crippen molar-refractivity contribution in [3.05, 3.63) is 11.1 Å².